The lowest BCUT2D eigenvalue weighted by Crippen LogP contribution is -2.15. The molecular formula is C17H17N3O7. The van der Waals surface area contributed by atoms with Crippen LogP contribution in [0.1, 0.15) is 22.8 Å². The monoisotopic (exact) mass is 375 g/mol. The molecule has 2 rings (SSSR count). The second kappa shape index (κ2) is 8.13. The van der Waals surface area contributed by atoms with Gasteiger partial charge in [0.25, 0.3) is 17.3 Å². The van der Waals surface area contributed by atoms with Crippen molar-refractivity contribution in [2.75, 3.05) is 19.0 Å². The Balaban J connectivity index is 2.49. The zero-order chi connectivity index (χ0) is 20.1. The minimum absolute atomic E-state index is 0.117. The van der Waals surface area contributed by atoms with Gasteiger partial charge in [0.15, 0.2) is 11.5 Å². The molecule has 0 atom stereocenters. The van der Waals surface area contributed by atoms with Crippen molar-refractivity contribution in [1.82, 2.24) is 0 Å². The van der Waals surface area contributed by atoms with Gasteiger partial charge in [-0.3, -0.25) is 25.0 Å². The Morgan fingerprint density at radius 1 is 1.11 bits per heavy atom. The fraction of sp³-hybridized carbons (Fsp3) is 0.235. The number of ether oxygens (including phenoxy) is 2. The molecule has 10 nitrogen and oxygen atoms in total. The van der Waals surface area contributed by atoms with Crippen molar-refractivity contribution < 1.29 is 24.1 Å². The first-order valence-electron chi connectivity index (χ1n) is 7.84. The number of carbonyl (C=O) groups excluding carboxylic acids is 1. The number of benzene rings is 2. The highest BCUT2D eigenvalue weighted by Gasteiger charge is 2.26. The first kappa shape index (κ1) is 19.6. The van der Waals surface area contributed by atoms with Crippen LogP contribution in [0.25, 0.3) is 0 Å². The maximum atomic E-state index is 12.6. The summed E-state index contributed by atoms with van der Waals surface area (Å²) < 4.78 is 10.4. The molecule has 0 radical (unpaired) electrons. The summed E-state index contributed by atoms with van der Waals surface area (Å²) in [5, 5.41) is 24.9. The molecule has 1 N–H and O–H groups in total. The Morgan fingerprint density at radius 2 is 1.78 bits per heavy atom. The Morgan fingerprint density at radius 3 is 2.33 bits per heavy atom. The van der Waals surface area contributed by atoms with Gasteiger partial charge in [0.2, 0.25) is 0 Å². The van der Waals surface area contributed by atoms with Crippen molar-refractivity contribution in [3.05, 3.63) is 61.7 Å². The van der Waals surface area contributed by atoms with E-state index < -0.39 is 21.4 Å². The molecule has 2 aromatic rings. The molecule has 27 heavy (non-hydrogen) atoms. The zero-order valence-electron chi connectivity index (χ0n) is 14.8. The van der Waals surface area contributed by atoms with Gasteiger partial charge in [-0.05, 0) is 19.9 Å². The van der Waals surface area contributed by atoms with Crippen LogP contribution in [-0.4, -0.2) is 29.5 Å². The number of rotatable bonds is 7. The summed E-state index contributed by atoms with van der Waals surface area (Å²) in [4.78, 5) is 33.8. The predicted octanol–water partition coefficient (Wildman–Crippen LogP) is 3.47. The molecule has 0 aliphatic rings. The van der Waals surface area contributed by atoms with Crippen LogP contribution in [-0.2, 0) is 0 Å². The lowest BCUT2D eigenvalue weighted by molar-refractivity contribution is -0.385. The number of nitrogens with zero attached hydrogens (tertiary/aromatic N) is 2. The van der Waals surface area contributed by atoms with Crippen LogP contribution >= 0.6 is 0 Å². The number of nitro groups is 2. The van der Waals surface area contributed by atoms with Gasteiger partial charge >= 0.3 is 0 Å². The van der Waals surface area contributed by atoms with Gasteiger partial charge < -0.3 is 14.8 Å². The fourth-order valence-electron chi connectivity index (χ4n) is 2.46. The molecule has 0 aromatic heterocycles. The molecular weight excluding hydrogens is 358 g/mol. The number of amides is 1. The molecule has 0 saturated carbocycles. The molecule has 0 bridgehead atoms. The highest BCUT2D eigenvalue weighted by Crippen LogP contribution is 2.35. The largest absolute Gasteiger partial charge is 0.493 e. The Labute approximate surface area is 154 Å². The normalized spacial score (nSPS) is 10.2. The molecule has 0 saturated heterocycles. The zero-order valence-corrected chi connectivity index (χ0v) is 14.8. The Hall–Kier alpha value is -3.69. The molecule has 142 valence electrons. The van der Waals surface area contributed by atoms with Crippen molar-refractivity contribution in [2.45, 2.75) is 13.8 Å². The van der Waals surface area contributed by atoms with Crippen LogP contribution in [0.15, 0.2) is 30.3 Å². The molecule has 10 heteroatoms. The van der Waals surface area contributed by atoms with Crippen molar-refractivity contribution >= 4 is 23.0 Å². The fourth-order valence-corrected chi connectivity index (χ4v) is 2.46. The van der Waals surface area contributed by atoms with Crippen LogP contribution in [0.3, 0.4) is 0 Å². The summed E-state index contributed by atoms with van der Waals surface area (Å²) >= 11 is 0. The molecule has 0 heterocycles. The number of anilines is 1. The van der Waals surface area contributed by atoms with E-state index in [1.165, 1.54) is 38.3 Å². The van der Waals surface area contributed by atoms with Crippen LogP contribution in [0.4, 0.5) is 17.1 Å². The lowest BCUT2D eigenvalue weighted by Gasteiger charge is -2.13. The third-order valence-electron chi connectivity index (χ3n) is 3.77. The predicted molar refractivity (Wildman–Crippen MR) is 96.6 cm³/mol. The van der Waals surface area contributed by atoms with Crippen LogP contribution in [0.5, 0.6) is 11.5 Å². The number of hydrogen-bond acceptors (Lipinski definition) is 7. The van der Waals surface area contributed by atoms with Crippen molar-refractivity contribution in [3.8, 4) is 11.5 Å². The molecule has 1 amide bonds. The first-order valence-corrected chi connectivity index (χ1v) is 7.84. The van der Waals surface area contributed by atoms with Gasteiger partial charge in [-0.25, -0.2) is 0 Å². The quantitative estimate of drug-likeness (QED) is 0.578. The van der Waals surface area contributed by atoms with Crippen molar-refractivity contribution in [2.24, 2.45) is 0 Å². The van der Waals surface area contributed by atoms with Gasteiger partial charge in [-0.2, -0.15) is 0 Å². The maximum absolute atomic E-state index is 12.6. The number of nitrogens with one attached hydrogen (secondary N) is 1. The van der Waals surface area contributed by atoms with E-state index in [-0.39, 0.29) is 40.6 Å². The van der Waals surface area contributed by atoms with E-state index in [2.05, 4.69) is 5.32 Å². The van der Waals surface area contributed by atoms with E-state index in [1.54, 1.807) is 6.92 Å². The summed E-state index contributed by atoms with van der Waals surface area (Å²) in [6, 6.07) is 6.49. The van der Waals surface area contributed by atoms with Crippen molar-refractivity contribution in [3.63, 3.8) is 0 Å². The number of methoxy groups -OCH3 is 1. The summed E-state index contributed by atoms with van der Waals surface area (Å²) in [7, 11) is 1.33. The van der Waals surface area contributed by atoms with Gasteiger partial charge in [-0.15, -0.1) is 0 Å². The maximum Gasteiger partial charge on any atom is 0.286 e. The van der Waals surface area contributed by atoms with Crippen LogP contribution in [0, 0.1) is 27.2 Å². The van der Waals surface area contributed by atoms with Gasteiger partial charge in [-0.1, -0.05) is 6.07 Å². The van der Waals surface area contributed by atoms with E-state index in [9.17, 15) is 25.0 Å². The minimum atomic E-state index is -0.797. The van der Waals surface area contributed by atoms with E-state index >= 15 is 0 Å². The highest BCUT2D eigenvalue weighted by atomic mass is 16.6. The van der Waals surface area contributed by atoms with Gasteiger partial charge in [0.05, 0.1) is 40.9 Å². The lowest BCUT2D eigenvalue weighted by atomic mass is 10.1. The summed E-state index contributed by atoms with van der Waals surface area (Å²) in [6.45, 7) is 3.45. The third-order valence-corrected chi connectivity index (χ3v) is 3.77. The van der Waals surface area contributed by atoms with Crippen LogP contribution in [0.2, 0.25) is 0 Å². The van der Waals surface area contributed by atoms with Crippen molar-refractivity contribution in [1.29, 1.82) is 0 Å². The smallest absolute Gasteiger partial charge is 0.286 e. The SMILES string of the molecule is CCOc1cc(C(=O)Nc2cccc([N+](=O)[O-])c2C)c([N+](=O)[O-])cc1OC. The van der Waals surface area contributed by atoms with E-state index in [0.29, 0.717) is 0 Å². The second-order valence-electron chi connectivity index (χ2n) is 5.37. The molecule has 2 aromatic carbocycles. The van der Waals surface area contributed by atoms with E-state index in [4.69, 9.17) is 9.47 Å². The molecule has 0 unspecified atom stereocenters. The molecule has 0 fully saturated rings. The summed E-state index contributed by atoms with van der Waals surface area (Å²) in [5.74, 6) is -0.507. The summed E-state index contributed by atoms with van der Waals surface area (Å²) in [6.07, 6.45) is 0. The number of carbonyl (C=O) groups is 1. The second-order valence-corrected chi connectivity index (χ2v) is 5.37. The number of nitro benzene ring substituents is 2. The topological polar surface area (TPSA) is 134 Å². The molecule has 0 spiro atoms. The van der Waals surface area contributed by atoms with Crippen LogP contribution < -0.4 is 14.8 Å². The molecule has 0 aliphatic carbocycles. The first-order chi connectivity index (χ1) is 12.8. The standard InChI is InChI=1S/C17H17N3O7/c1-4-27-16-8-11(14(20(24)25)9-15(16)26-3)17(21)18-12-6-5-7-13(10(12)2)19(22)23/h5-9H,4H2,1-3H3,(H,18,21). The molecule has 0 aliphatic heterocycles. The third kappa shape index (κ3) is 4.11. The van der Waals surface area contributed by atoms with E-state index in [0.717, 1.165) is 6.07 Å². The van der Waals surface area contributed by atoms with Gasteiger partial charge in [0.1, 0.15) is 5.56 Å². The summed E-state index contributed by atoms with van der Waals surface area (Å²) in [5.41, 5.74) is -0.493. The number of hydrogen-bond donors (Lipinski definition) is 1. The Kier molecular flexibility index (Phi) is 5.91. The minimum Gasteiger partial charge on any atom is -0.493 e. The average Bonchev–Trinajstić information content (AvgIpc) is 2.62. The highest BCUT2D eigenvalue weighted by molar-refractivity contribution is 6.08. The van der Waals surface area contributed by atoms with Gasteiger partial charge in [0, 0.05) is 12.1 Å². The Bertz CT molecular complexity index is 912. The van der Waals surface area contributed by atoms with E-state index in [1.807, 2.05) is 0 Å². The average molecular weight is 375 g/mol.